The molecule has 44 heavy (non-hydrogen) atoms. The zero-order valence-corrected chi connectivity index (χ0v) is 25.5. The Morgan fingerprint density at radius 2 is 1.50 bits per heavy atom. The van der Waals surface area contributed by atoms with E-state index in [0.717, 1.165) is 106 Å². The lowest BCUT2D eigenvalue weighted by atomic mass is 9.83. The van der Waals surface area contributed by atoms with Crippen molar-refractivity contribution in [1.82, 2.24) is 4.90 Å². The molecular weight excluding hydrogens is 558 g/mol. The number of piperidine rings is 1. The van der Waals surface area contributed by atoms with Crippen LogP contribution in [0.25, 0.3) is 0 Å². The Kier molecular flexibility index (Phi) is 8.62. The minimum absolute atomic E-state index is 0.110. The maximum absolute atomic E-state index is 13.6. The van der Waals surface area contributed by atoms with Crippen molar-refractivity contribution in [2.24, 2.45) is 11.7 Å². The SMILES string of the molecule is NCC1OC(C2CCN(CCCC(c3ccc(F)cc3)c3ccc(F)cc3)CC2)Cc2c1ccc1c2OC2(CCCCC2)O1. The van der Waals surface area contributed by atoms with Crippen LogP contribution in [0.4, 0.5) is 8.78 Å². The third-order valence-corrected chi connectivity index (χ3v) is 10.4. The highest BCUT2D eigenvalue weighted by molar-refractivity contribution is 5.55. The van der Waals surface area contributed by atoms with E-state index < -0.39 is 5.79 Å². The van der Waals surface area contributed by atoms with Gasteiger partial charge in [0.05, 0.1) is 12.2 Å². The molecule has 1 spiro atoms. The molecule has 234 valence electrons. The predicted molar refractivity (Wildman–Crippen MR) is 167 cm³/mol. The molecule has 0 aromatic heterocycles. The topological polar surface area (TPSA) is 57.0 Å². The summed E-state index contributed by atoms with van der Waals surface area (Å²) in [7, 11) is 0. The Morgan fingerprint density at radius 3 is 2.14 bits per heavy atom. The van der Waals surface area contributed by atoms with Crippen molar-refractivity contribution in [1.29, 1.82) is 0 Å². The second-order valence-corrected chi connectivity index (χ2v) is 13.2. The second-order valence-electron chi connectivity index (χ2n) is 13.2. The van der Waals surface area contributed by atoms with Crippen LogP contribution >= 0.6 is 0 Å². The fourth-order valence-electron chi connectivity index (χ4n) is 8.01. The van der Waals surface area contributed by atoms with Gasteiger partial charge in [-0.1, -0.05) is 36.8 Å². The van der Waals surface area contributed by atoms with Gasteiger partial charge in [0.1, 0.15) is 11.6 Å². The predicted octanol–water partition coefficient (Wildman–Crippen LogP) is 7.66. The fraction of sp³-hybridized carbons (Fsp3) is 0.514. The Morgan fingerprint density at radius 1 is 0.841 bits per heavy atom. The van der Waals surface area contributed by atoms with Crippen LogP contribution in [0.3, 0.4) is 0 Å². The molecule has 3 heterocycles. The summed E-state index contributed by atoms with van der Waals surface area (Å²) in [6, 6.07) is 17.7. The fourth-order valence-corrected chi connectivity index (χ4v) is 8.01. The van der Waals surface area contributed by atoms with E-state index in [2.05, 4.69) is 17.0 Å². The van der Waals surface area contributed by atoms with Crippen molar-refractivity contribution in [2.75, 3.05) is 26.2 Å². The zero-order valence-electron chi connectivity index (χ0n) is 25.5. The second kappa shape index (κ2) is 12.8. The lowest BCUT2D eigenvalue weighted by Crippen LogP contribution is -2.42. The highest BCUT2D eigenvalue weighted by Gasteiger charge is 2.45. The van der Waals surface area contributed by atoms with E-state index in [0.29, 0.717) is 12.5 Å². The smallest absolute Gasteiger partial charge is 0.251 e. The molecule has 2 unspecified atom stereocenters. The number of likely N-dealkylation sites (tertiary alicyclic amines) is 1. The Bertz CT molecular complexity index is 1370. The standard InChI is InChI=1S/C37H44F2N2O3/c38-28-10-6-25(7-11-28)30(26-8-12-29(39)13-9-26)5-4-20-41-21-16-27(17-22-41)34-23-32-31(35(24-40)42-34)14-15-33-36(32)44-37(43-33)18-2-1-3-19-37/h6-15,27,30,34-35H,1-5,16-24,40H2. The molecule has 2 N–H and O–H groups in total. The molecule has 7 heteroatoms. The average molecular weight is 603 g/mol. The van der Waals surface area contributed by atoms with Gasteiger partial charge in [-0.15, -0.1) is 0 Å². The molecule has 1 saturated heterocycles. The van der Waals surface area contributed by atoms with E-state index in [1.165, 1.54) is 36.2 Å². The van der Waals surface area contributed by atoms with Crippen LogP contribution < -0.4 is 15.2 Å². The first-order chi connectivity index (χ1) is 21.5. The van der Waals surface area contributed by atoms with Gasteiger partial charge in [-0.3, -0.25) is 0 Å². The van der Waals surface area contributed by atoms with Crippen LogP contribution in [0.15, 0.2) is 60.7 Å². The average Bonchev–Trinajstić information content (AvgIpc) is 3.42. The molecule has 3 aromatic carbocycles. The van der Waals surface area contributed by atoms with E-state index in [9.17, 15) is 8.78 Å². The number of ether oxygens (including phenoxy) is 3. The lowest BCUT2D eigenvalue weighted by Gasteiger charge is -2.40. The quantitative estimate of drug-likeness (QED) is 0.287. The van der Waals surface area contributed by atoms with Gasteiger partial charge in [0.15, 0.2) is 11.5 Å². The number of nitrogens with two attached hydrogens (primary N) is 1. The first kappa shape index (κ1) is 29.7. The molecule has 0 amide bonds. The molecule has 2 fully saturated rings. The Hall–Kier alpha value is -3.00. The van der Waals surface area contributed by atoms with Crippen molar-refractivity contribution in [3.05, 3.63) is 94.6 Å². The van der Waals surface area contributed by atoms with Crippen molar-refractivity contribution in [2.45, 2.75) is 88.1 Å². The van der Waals surface area contributed by atoms with Gasteiger partial charge in [0.2, 0.25) is 0 Å². The summed E-state index contributed by atoms with van der Waals surface area (Å²) in [6.45, 7) is 3.54. The van der Waals surface area contributed by atoms with Gasteiger partial charge in [-0.2, -0.15) is 0 Å². The summed E-state index contributed by atoms with van der Waals surface area (Å²) in [5.41, 5.74) is 10.8. The lowest BCUT2D eigenvalue weighted by molar-refractivity contribution is -0.106. The monoisotopic (exact) mass is 602 g/mol. The van der Waals surface area contributed by atoms with Crippen molar-refractivity contribution in [3.8, 4) is 11.5 Å². The van der Waals surface area contributed by atoms with Gasteiger partial charge in [0, 0.05) is 37.3 Å². The first-order valence-corrected chi connectivity index (χ1v) is 16.6. The van der Waals surface area contributed by atoms with Gasteiger partial charge >= 0.3 is 0 Å². The van der Waals surface area contributed by atoms with E-state index in [1.807, 2.05) is 24.3 Å². The van der Waals surface area contributed by atoms with Gasteiger partial charge in [-0.05, 0) is 111 Å². The molecule has 0 radical (unpaired) electrons. The van der Waals surface area contributed by atoms with Crippen LogP contribution in [-0.2, 0) is 11.2 Å². The number of benzene rings is 3. The molecule has 1 saturated carbocycles. The van der Waals surface area contributed by atoms with Gasteiger partial charge in [0.25, 0.3) is 5.79 Å². The molecule has 3 aliphatic heterocycles. The first-order valence-electron chi connectivity index (χ1n) is 16.6. The number of hydrogen-bond acceptors (Lipinski definition) is 5. The van der Waals surface area contributed by atoms with Crippen molar-refractivity contribution >= 4 is 0 Å². The summed E-state index contributed by atoms with van der Waals surface area (Å²) in [5, 5.41) is 0. The molecule has 1 aliphatic carbocycles. The minimum atomic E-state index is -0.487. The molecule has 3 aromatic rings. The maximum Gasteiger partial charge on any atom is 0.251 e. The largest absolute Gasteiger partial charge is 0.448 e. The Labute approximate surface area is 259 Å². The highest BCUT2D eigenvalue weighted by atomic mass is 19.1. The normalized spacial score (nSPS) is 23.3. The van der Waals surface area contributed by atoms with Crippen molar-refractivity contribution in [3.63, 3.8) is 0 Å². The van der Waals surface area contributed by atoms with Gasteiger partial charge < -0.3 is 24.8 Å². The van der Waals surface area contributed by atoms with Crippen LogP contribution in [0.2, 0.25) is 0 Å². The van der Waals surface area contributed by atoms with Crippen LogP contribution in [0, 0.1) is 17.6 Å². The summed E-state index contributed by atoms with van der Waals surface area (Å²) >= 11 is 0. The van der Waals surface area contributed by atoms with Crippen molar-refractivity contribution < 1.29 is 23.0 Å². The van der Waals surface area contributed by atoms with E-state index >= 15 is 0 Å². The summed E-state index contributed by atoms with van der Waals surface area (Å²) in [5.74, 6) is 1.44. The summed E-state index contributed by atoms with van der Waals surface area (Å²) in [4.78, 5) is 2.56. The third kappa shape index (κ3) is 6.11. The summed E-state index contributed by atoms with van der Waals surface area (Å²) < 4.78 is 47.0. The van der Waals surface area contributed by atoms with Crippen LogP contribution in [0.1, 0.15) is 92.1 Å². The number of hydrogen-bond donors (Lipinski definition) is 1. The minimum Gasteiger partial charge on any atom is -0.448 e. The molecule has 7 rings (SSSR count). The molecule has 2 atom stereocenters. The maximum atomic E-state index is 13.6. The van der Waals surface area contributed by atoms with E-state index in [4.69, 9.17) is 19.9 Å². The molecule has 5 nitrogen and oxygen atoms in total. The van der Waals surface area contributed by atoms with E-state index in [-0.39, 0.29) is 29.8 Å². The number of nitrogens with zero attached hydrogens (tertiary/aromatic N) is 1. The summed E-state index contributed by atoms with van der Waals surface area (Å²) in [6.07, 6.45) is 10.4. The number of halogens is 2. The van der Waals surface area contributed by atoms with Gasteiger partial charge in [-0.25, -0.2) is 8.78 Å². The number of rotatable bonds is 8. The highest BCUT2D eigenvalue weighted by Crippen LogP contribution is 2.51. The third-order valence-electron chi connectivity index (χ3n) is 10.4. The van der Waals surface area contributed by atoms with Crippen LogP contribution in [0.5, 0.6) is 11.5 Å². The van der Waals surface area contributed by atoms with Crippen LogP contribution in [-0.4, -0.2) is 43.0 Å². The molecular formula is C37H44F2N2O3. The molecule has 4 aliphatic rings. The zero-order chi connectivity index (χ0) is 30.1. The van der Waals surface area contributed by atoms with E-state index in [1.54, 1.807) is 0 Å². The number of fused-ring (bicyclic) bond motifs is 3. The molecule has 0 bridgehead atoms. The Balaban J connectivity index is 0.968.